The first kappa shape index (κ1) is 14.3. The van der Waals surface area contributed by atoms with E-state index in [-0.39, 0.29) is 23.1 Å². The van der Waals surface area contributed by atoms with Crippen molar-refractivity contribution in [1.82, 2.24) is 0 Å². The second-order valence-electron chi connectivity index (χ2n) is 1.35. The third-order valence-corrected chi connectivity index (χ3v) is 0.737. The number of rotatable bonds is 0. The molecule has 1 radical (unpaired) electrons. The minimum Gasteiger partial charge on any atom is 0.316 e. The van der Waals surface area contributed by atoms with Crippen molar-refractivity contribution in [2.75, 3.05) is 0 Å². The molecule has 0 saturated heterocycles. The summed E-state index contributed by atoms with van der Waals surface area (Å²) >= 11 is 1.47. The number of hydrogen-bond donors (Lipinski definition) is 0. The van der Waals surface area contributed by atoms with Crippen molar-refractivity contribution in [2.45, 2.75) is 0 Å². The third kappa shape index (κ3) is 7.11. The number of benzene rings is 1. The molecule has 0 atom stereocenters. The Kier molecular flexibility index (Phi) is 11.4. The van der Waals surface area contributed by atoms with Gasteiger partial charge in [0.25, 0.3) is 0 Å². The zero-order valence-corrected chi connectivity index (χ0v) is 6.12. The molecule has 0 amide bonds. The van der Waals surface area contributed by atoms with Crippen LogP contribution in [0.5, 0.6) is 0 Å². The first-order valence-corrected chi connectivity index (χ1v) is 3.25. The Morgan fingerprint density at radius 1 is 1.27 bits per heavy atom. The number of hydrogen-bond acceptors (Lipinski definition) is 0. The Morgan fingerprint density at radius 2 is 1.82 bits per heavy atom. The maximum absolute atomic E-state index is 11.9. The molecule has 0 unspecified atom stereocenters. The van der Waals surface area contributed by atoms with Gasteiger partial charge in [0.15, 0.2) is 0 Å². The zero-order valence-electron chi connectivity index (χ0n) is 5.37. The summed E-state index contributed by atoms with van der Waals surface area (Å²) in [6.07, 6.45) is 0. The summed E-state index contributed by atoms with van der Waals surface area (Å²) in [5.74, 6) is -1.00. The first-order valence-electron chi connectivity index (χ1n) is 2.49. The second kappa shape index (κ2) is 8.83. The molecule has 1 aromatic carbocycles. The molecule has 0 N–H and O–H groups in total. The molecule has 0 aliphatic heterocycles. The van der Waals surface area contributed by atoms with Gasteiger partial charge in [-0.1, -0.05) is 0 Å². The smallest absolute Gasteiger partial charge is 0.316 e. The van der Waals surface area contributed by atoms with Crippen molar-refractivity contribution in [3.63, 3.8) is 0 Å². The van der Waals surface area contributed by atoms with Gasteiger partial charge in [0.1, 0.15) is 11.6 Å². The summed E-state index contributed by atoms with van der Waals surface area (Å²) in [6.45, 7) is 0. The summed E-state index contributed by atoms with van der Waals surface area (Å²) in [4.78, 5) is 0. The van der Waals surface area contributed by atoms with Crippen molar-refractivity contribution >= 4 is 49.6 Å². The summed E-state index contributed by atoms with van der Waals surface area (Å²) in [5, 5.41) is 0. The predicted octanol–water partition coefficient (Wildman–Crippen LogP) is 1.16. The quantitative estimate of drug-likeness (QED) is 0.528. The first-order chi connectivity index (χ1) is 4.79. The van der Waals surface area contributed by atoms with Gasteiger partial charge in [0.05, 0.1) is 0 Å². The van der Waals surface area contributed by atoms with E-state index in [9.17, 15) is 8.78 Å². The van der Waals surface area contributed by atoms with Crippen LogP contribution in [0.2, 0.25) is 0 Å². The van der Waals surface area contributed by atoms with E-state index in [0.29, 0.717) is 0 Å². The fourth-order valence-corrected chi connectivity index (χ4v) is 0.387. The summed E-state index contributed by atoms with van der Waals surface area (Å²) in [5.41, 5.74) is 0. The predicted molar refractivity (Wildman–Crippen MR) is 45.3 cm³/mol. The molecule has 11 heavy (non-hydrogen) atoms. The van der Waals surface area contributed by atoms with Gasteiger partial charge < -0.3 is 0 Å². The maximum atomic E-state index is 11.9. The summed E-state index contributed by atoms with van der Waals surface area (Å²) in [6, 6.07) is 5.08. The molecule has 53 valence electrons. The molecule has 0 bridgehead atoms. The second-order valence-corrected chi connectivity index (χ2v) is 1.35. The fourth-order valence-electron chi connectivity index (χ4n) is 0.387. The van der Waals surface area contributed by atoms with E-state index in [4.69, 9.17) is 0 Å². The largest absolute Gasteiger partial charge is 0.316 e. The molecule has 1 rings (SSSR count). The Labute approximate surface area is 93.8 Å². The molecule has 0 spiro atoms. The van der Waals surface area contributed by atoms with Crippen LogP contribution in [-0.2, 0) is 0 Å². The average Bonchev–Trinajstić information content (AvgIpc) is 2.00. The fraction of sp³-hybridized carbons (Fsp3) is 0. The summed E-state index contributed by atoms with van der Waals surface area (Å²) < 4.78 is 23.8. The van der Waals surface area contributed by atoms with Gasteiger partial charge in [0.2, 0.25) is 0 Å². The van der Waals surface area contributed by atoms with Crippen LogP contribution in [0, 0.1) is 17.7 Å². The van der Waals surface area contributed by atoms with E-state index >= 15 is 0 Å². The minimum absolute atomic E-state index is 0. The normalized spacial score (nSPS) is 7.36. The van der Waals surface area contributed by atoms with Crippen LogP contribution in [0.1, 0.15) is 0 Å². The molecule has 5 heteroatoms. The Bertz CT molecular complexity index is 159. The molecule has 0 nitrogen and oxygen atoms in total. The van der Waals surface area contributed by atoms with Gasteiger partial charge in [-0.15, -0.1) is 0 Å². The van der Waals surface area contributed by atoms with Crippen molar-refractivity contribution in [2.24, 2.45) is 0 Å². The Morgan fingerprint density at radius 3 is 2.09 bits per heavy atom. The van der Waals surface area contributed by atoms with Crippen LogP contribution in [0.15, 0.2) is 18.2 Å². The SMILES string of the molecule is Fc1[c]cc(F)cc1.[Li][Cl].[MgH2]. The monoisotopic (exact) mass is 181 g/mol. The topological polar surface area (TPSA) is 0 Å². The van der Waals surface area contributed by atoms with Crippen LogP contribution in [0.25, 0.3) is 0 Å². The number of halogens is 3. The van der Waals surface area contributed by atoms with Gasteiger partial charge in [-0.3, -0.25) is 0 Å². The van der Waals surface area contributed by atoms with Gasteiger partial charge in [-0.2, -0.15) is 0 Å². The van der Waals surface area contributed by atoms with E-state index in [1.165, 1.54) is 16.7 Å². The molecule has 0 aliphatic rings. The van der Waals surface area contributed by atoms with Crippen LogP contribution >= 0.6 is 9.80 Å². The van der Waals surface area contributed by atoms with Crippen molar-refractivity contribution in [1.29, 1.82) is 0 Å². The van der Waals surface area contributed by atoms with Crippen LogP contribution < -0.4 is 0 Å². The Balaban J connectivity index is 0. The molecule has 1 aromatic rings. The van der Waals surface area contributed by atoms with Crippen LogP contribution in [-0.4, -0.2) is 39.8 Å². The molecule has 0 aliphatic carbocycles. The van der Waals surface area contributed by atoms with Gasteiger partial charge in [-0.05, 0) is 18.2 Å². The van der Waals surface area contributed by atoms with E-state index in [1.54, 1.807) is 0 Å². The molecule has 0 aromatic heterocycles. The van der Waals surface area contributed by atoms with Crippen molar-refractivity contribution < 1.29 is 8.78 Å². The average molecular weight is 182 g/mol. The van der Waals surface area contributed by atoms with E-state index in [2.05, 4.69) is 15.9 Å². The molecule has 0 heterocycles. The molecular formula is C6H5ClF2LiMg. The van der Waals surface area contributed by atoms with Gasteiger partial charge in [0, 0.05) is 6.07 Å². The van der Waals surface area contributed by atoms with E-state index in [0.717, 1.165) is 18.2 Å². The van der Waals surface area contributed by atoms with E-state index < -0.39 is 11.6 Å². The maximum Gasteiger partial charge on any atom is 0.316 e. The summed E-state index contributed by atoms with van der Waals surface area (Å²) in [7, 11) is 4.64. The standard InChI is InChI=1S/C6H3F2.ClH.Li.Mg.2H/c7-5-1-2-6(8)4-3-5;;;;;/h1-3H;1H;;;;/q;;+1;;;/p-1. The Hall–Kier alpha value is 0.734. The molecule has 0 fully saturated rings. The van der Waals surface area contributed by atoms with Gasteiger partial charge >= 0.3 is 49.6 Å². The van der Waals surface area contributed by atoms with Crippen molar-refractivity contribution in [3.8, 4) is 0 Å². The zero-order chi connectivity index (χ0) is 7.98. The molecular weight excluding hydrogens is 177 g/mol. The van der Waals surface area contributed by atoms with Crippen molar-refractivity contribution in [3.05, 3.63) is 35.9 Å². The molecule has 0 saturated carbocycles. The van der Waals surface area contributed by atoms with E-state index in [1.807, 2.05) is 0 Å². The van der Waals surface area contributed by atoms with Crippen LogP contribution in [0.4, 0.5) is 8.78 Å². The van der Waals surface area contributed by atoms with Gasteiger partial charge in [-0.25, -0.2) is 8.78 Å². The van der Waals surface area contributed by atoms with Crippen LogP contribution in [0.3, 0.4) is 0 Å². The third-order valence-electron chi connectivity index (χ3n) is 0.737. The minimum atomic E-state index is -0.536.